The number of thioether (sulfide) groups is 1. The summed E-state index contributed by atoms with van der Waals surface area (Å²) in [5.41, 5.74) is 0.522. The van der Waals surface area contributed by atoms with Crippen LogP contribution in [0.3, 0.4) is 0 Å². The van der Waals surface area contributed by atoms with Crippen molar-refractivity contribution in [3.8, 4) is 0 Å². The Morgan fingerprint density at radius 2 is 1.02 bits per heavy atom. The van der Waals surface area contributed by atoms with Crippen molar-refractivity contribution < 1.29 is 5.11 Å². The van der Waals surface area contributed by atoms with E-state index in [0.717, 1.165) is 59.8 Å². The van der Waals surface area contributed by atoms with Crippen molar-refractivity contribution in [2.75, 3.05) is 19.3 Å². The minimum absolute atomic E-state index is 0.0441. The van der Waals surface area contributed by atoms with Crippen LogP contribution in [0.4, 0.5) is 0 Å². The first-order valence-corrected chi connectivity index (χ1v) is 21.0. The molecular formula is C43H97NOS. The zero-order chi connectivity index (χ0) is 37.6. The first-order valence-electron chi connectivity index (χ1n) is 19.8. The lowest BCUT2D eigenvalue weighted by molar-refractivity contribution is -0.0161. The molecule has 2 rings (SSSR count). The van der Waals surface area contributed by atoms with E-state index in [1.165, 1.54) is 51.4 Å². The Bertz CT molecular complexity index is 535. The van der Waals surface area contributed by atoms with Crippen molar-refractivity contribution in [3.63, 3.8) is 0 Å². The van der Waals surface area contributed by atoms with E-state index >= 15 is 0 Å². The summed E-state index contributed by atoms with van der Waals surface area (Å²) >= 11 is 1.88. The molecule has 0 aromatic carbocycles. The number of likely N-dealkylation sites (tertiary alicyclic amines) is 1. The SMILES string of the molecule is CC(C)C.CC(C)CC(C)(C)C.CC(C)CC(C)C.CC(C)CCC1CC1.CC(C)N1CC(O)C1.CCCC(C)C.CSC(C)C. The van der Waals surface area contributed by atoms with Gasteiger partial charge in [-0.05, 0) is 85.0 Å². The molecule has 2 fully saturated rings. The Labute approximate surface area is 301 Å². The Hall–Kier alpha value is 0.270. The molecule has 1 N–H and O–H groups in total. The third-order valence-electron chi connectivity index (χ3n) is 6.77. The molecule has 1 saturated heterocycles. The molecule has 0 amide bonds. The summed E-state index contributed by atoms with van der Waals surface area (Å²) in [6, 6.07) is 0.610. The highest BCUT2D eigenvalue weighted by Crippen LogP contribution is 2.34. The molecule has 3 heteroatoms. The van der Waals surface area contributed by atoms with Gasteiger partial charge < -0.3 is 5.11 Å². The van der Waals surface area contributed by atoms with Crippen LogP contribution in [0.15, 0.2) is 0 Å². The molecule has 2 nitrogen and oxygen atoms in total. The lowest BCUT2D eigenvalue weighted by Crippen LogP contribution is -2.53. The van der Waals surface area contributed by atoms with E-state index < -0.39 is 0 Å². The van der Waals surface area contributed by atoms with Crippen LogP contribution in [0.25, 0.3) is 0 Å². The smallest absolute Gasteiger partial charge is 0.0794 e. The number of aliphatic hydroxyl groups excluding tert-OH is 1. The normalized spacial score (nSPS) is 14.7. The van der Waals surface area contributed by atoms with Gasteiger partial charge in [0.25, 0.3) is 0 Å². The van der Waals surface area contributed by atoms with Crippen LogP contribution in [0.2, 0.25) is 0 Å². The first-order chi connectivity index (χ1) is 20.8. The van der Waals surface area contributed by atoms with Gasteiger partial charge in [0.15, 0.2) is 0 Å². The molecule has 0 aromatic heterocycles. The maximum Gasteiger partial charge on any atom is 0.0794 e. The first kappa shape index (κ1) is 55.7. The summed E-state index contributed by atoms with van der Waals surface area (Å²) in [6.07, 6.45) is 13.5. The molecule has 1 saturated carbocycles. The van der Waals surface area contributed by atoms with Gasteiger partial charge in [-0.1, -0.05) is 170 Å². The lowest BCUT2D eigenvalue weighted by atomic mass is 9.86. The van der Waals surface area contributed by atoms with E-state index in [4.69, 9.17) is 5.11 Å². The van der Waals surface area contributed by atoms with Gasteiger partial charge in [0.05, 0.1) is 6.10 Å². The fraction of sp³-hybridized carbons (Fsp3) is 1.00. The van der Waals surface area contributed by atoms with Crippen LogP contribution in [0.5, 0.6) is 0 Å². The fourth-order valence-corrected chi connectivity index (χ4v) is 4.63. The summed E-state index contributed by atoms with van der Waals surface area (Å²) in [5.74, 6) is 6.39. The van der Waals surface area contributed by atoms with Crippen LogP contribution < -0.4 is 0 Å². The van der Waals surface area contributed by atoms with Crippen LogP contribution in [-0.2, 0) is 0 Å². The Morgan fingerprint density at radius 1 is 0.652 bits per heavy atom. The molecule has 0 atom stereocenters. The Balaban J connectivity index is -0.000000144. The summed E-state index contributed by atoms with van der Waals surface area (Å²) < 4.78 is 0. The quantitative estimate of drug-likeness (QED) is 0.249. The lowest BCUT2D eigenvalue weighted by Gasteiger charge is -2.38. The molecule has 1 aliphatic heterocycles. The van der Waals surface area contributed by atoms with E-state index in [9.17, 15) is 0 Å². The third-order valence-corrected chi connectivity index (χ3v) is 7.71. The maximum absolute atomic E-state index is 8.83. The molecule has 0 spiro atoms. The second kappa shape index (κ2) is 35.1. The van der Waals surface area contributed by atoms with Crippen LogP contribution in [0, 0.1) is 46.8 Å². The summed E-state index contributed by atoms with van der Waals surface area (Å²) in [4.78, 5) is 2.24. The molecule has 1 aliphatic carbocycles. The highest BCUT2D eigenvalue weighted by molar-refractivity contribution is 7.99. The van der Waals surface area contributed by atoms with Crippen molar-refractivity contribution in [1.29, 1.82) is 0 Å². The summed E-state index contributed by atoms with van der Waals surface area (Å²) in [6.45, 7) is 48.7. The minimum atomic E-state index is -0.0441. The van der Waals surface area contributed by atoms with E-state index in [1.807, 2.05) is 11.8 Å². The molecule has 0 bridgehead atoms. The summed E-state index contributed by atoms with van der Waals surface area (Å²) in [5, 5.41) is 9.63. The Morgan fingerprint density at radius 3 is 1.11 bits per heavy atom. The molecule has 0 aromatic rings. The average molecular weight is 676 g/mol. The topological polar surface area (TPSA) is 23.5 Å². The van der Waals surface area contributed by atoms with Crippen LogP contribution in [-0.4, -0.2) is 46.7 Å². The molecule has 2 aliphatic rings. The van der Waals surface area contributed by atoms with Gasteiger partial charge in [-0.25, -0.2) is 0 Å². The van der Waals surface area contributed by atoms with E-state index in [0.29, 0.717) is 11.5 Å². The van der Waals surface area contributed by atoms with Crippen LogP contribution >= 0.6 is 11.8 Å². The van der Waals surface area contributed by atoms with Gasteiger partial charge >= 0.3 is 0 Å². The Kier molecular flexibility index (Phi) is 42.5. The zero-order valence-corrected chi connectivity index (χ0v) is 37.5. The van der Waals surface area contributed by atoms with Crippen molar-refractivity contribution >= 4 is 11.8 Å². The van der Waals surface area contributed by atoms with Gasteiger partial charge in [-0.3, -0.25) is 4.90 Å². The number of aliphatic hydroxyl groups is 1. The van der Waals surface area contributed by atoms with E-state index in [2.05, 4.69) is 157 Å². The number of rotatable bonds is 10. The van der Waals surface area contributed by atoms with Gasteiger partial charge in [0, 0.05) is 19.1 Å². The largest absolute Gasteiger partial charge is 0.390 e. The predicted molar refractivity (Wildman–Crippen MR) is 222 cm³/mol. The van der Waals surface area contributed by atoms with Crippen molar-refractivity contribution in [1.82, 2.24) is 4.90 Å². The van der Waals surface area contributed by atoms with E-state index in [-0.39, 0.29) is 6.10 Å². The maximum atomic E-state index is 8.83. The molecule has 0 unspecified atom stereocenters. The number of β-amino-alcohol motifs (C(OH)–C–C–N with tert-alkyl or cyclic N) is 1. The minimum Gasteiger partial charge on any atom is -0.390 e. The number of hydrogen-bond acceptors (Lipinski definition) is 3. The second-order valence-electron chi connectivity index (χ2n) is 18.5. The van der Waals surface area contributed by atoms with Gasteiger partial charge in [0.2, 0.25) is 0 Å². The number of nitrogens with zero attached hydrogens (tertiary/aromatic N) is 1. The van der Waals surface area contributed by atoms with Gasteiger partial charge in [-0.15, -0.1) is 0 Å². The highest BCUT2D eigenvalue weighted by atomic mass is 32.2. The second-order valence-corrected chi connectivity index (χ2v) is 19.9. The van der Waals surface area contributed by atoms with Crippen molar-refractivity contribution in [2.45, 2.75) is 214 Å². The molecule has 0 radical (unpaired) electrons. The highest BCUT2D eigenvalue weighted by Gasteiger charge is 2.25. The van der Waals surface area contributed by atoms with Crippen LogP contribution in [0.1, 0.15) is 197 Å². The predicted octanol–water partition coefficient (Wildman–Crippen LogP) is 14.5. The molecule has 1 heterocycles. The molecule has 286 valence electrons. The number of hydrogen-bond donors (Lipinski definition) is 1. The monoisotopic (exact) mass is 676 g/mol. The van der Waals surface area contributed by atoms with E-state index in [1.54, 1.807) is 0 Å². The van der Waals surface area contributed by atoms with Gasteiger partial charge in [-0.2, -0.15) is 11.8 Å². The fourth-order valence-electron chi connectivity index (χ4n) is 4.63. The van der Waals surface area contributed by atoms with Crippen molar-refractivity contribution in [2.24, 2.45) is 46.8 Å². The molecule has 46 heavy (non-hydrogen) atoms. The van der Waals surface area contributed by atoms with Gasteiger partial charge in [0.1, 0.15) is 0 Å². The average Bonchev–Trinajstić information content (AvgIpc) is 3.64. The zero-order valence-electron chi connectivity index (χ0n) is 36.6. The molecular weight excluding hydrogens is 579 g/mol. The third kappa shape index (κ3) is 70.6. The summed E-state index contributed by atoms with van der Waals surface area (Å²) in [7, 11) is 0. The van der Waals surface area contributed by atoms with Crippen molar-refractivity contribution in [3.05, 3.63) is 0 Å². The standard InChI is InChI=1S/C8H16.C8H18.C7H16.C6H13NO.C6H14.C4H10S.C4H10/c1-7(2)3-4-8-5-6-8;1-7(2)6-8(3,4)5;1-6(2)5-7(3)4;1-5(2)7-3-6(8)4-7;1-4-5-6(2)3;1-4(2)5-3;1-4(2)3/h7-8H,3-6H2,1-2H3;7H,6H2,1-5H3;6-7H,5H2,1-4H3;5-6,8H,3-4H2,1-2H3;6H,4-5H2,1-3H3;4H,1-3H3;4H,1-3H3.